The summed E-state index contributed by atoms with van der Waals surface area (Å²) < 4.78 is 58.7. The van der Waals surface area contributed by atoms with Crippen molar-refractivity contribution in [2.45, 2.75) is 39.5 Å². The van der Waals surface area contributed by atoms with Gasteiger partial charge in [-0.15, -0.1) is 0 Å². The summed E-state index contributed by atoms with van der Waals surface area (Å²) in [5.41, 5.74) is -0.553. The highest BCUT2D eigenvalue weighted by Crippen LogP contribution is 2.37. The molecular weight excluding hydrogens is 406 g/mol. The Hall–Kier alpha value is -3.15. The minimum Gasteiger partial charge on any atom is -0.507 e. The van der Waals surface area contributed by atoms with Crippen molar-refractivity contribution in [1.29, 1.82) is 0 Å². The molecule has 1 N–H and O–H groups in total. The summed E-state index contributed by atoms with van der Waals surface area (Å²) in [4.78, 5) is 3.63. The van der Waals surface area contributed by atoms with Crippen molar-refractivity contribution in [2.75, 3.05) is 0 Å². The van der Waals surface area contributed by atoms with Crippen LogP contribution in [0.4, 0.5) is 23.2 Å². The normalized spacial score (nSPS) is 12.0. The molecular formula is C25H23F4NO. The highest BCUT2D eigenvalue weighted by atomic mass is 19.2. The molecule has 0 atom stereocenters. The SMILES string of the molecule is CCc1ccc(-c2c(F)c(F)c(N=Cc3cccc(C(C)(C)C)c3O)c(F)c2F)cc1. The zero-order chi connectivity index (χ0) is 22.9. The fourth-order valence-corrected chi connectivity index (χ4v) is 3.30. The van der Waals surface area contributed by atoms with Crippen LogP contribution >= 0.6 is 0 Å². The van der Waals surface area contributed by atoms with Crippen LogP contribution in [0.2, 0.25) is 0 Å². The molecule has 2 nitrogen and oxygen atoms in total. The molecule has 0 aliphatic heterocycles. The lowest BCUT2D eigenvalue weighted by atomic mass is 9.85. The van der Waals surface area contributed by atoms with Crippen molar-refractivity contribution in [3.8, 4) is 16.9 Å². The van der Waals surface area contributed by atoms with E-state index in [9.17, 15) is 22.7 Å². The molecule has 6 heteroatoms. The summed E-state index contributed by atoms with van der Waals surface area (Å²) in [5.74, 6) is -6.37. The molecule has 3 rings (SSSR count). The van der Waals surface area contributed by atoms with Gasteiger partial charge in [0.1, 0.15) is 11.4 Å². The lowest BCUT2D eigenvalue weighted by Gasteiger charge is -2.21. The van der Waals surface area contributed by atoms with E-state index in [0.29, 0.717) is 12.0 Å². The van der Waals surface area contributed by atoms with Crippen LogP contribution in [0.3, 0.4) is 0 Å². The number of hydrogen-bond acceptors (Lipinski definition) is 2. The molecule has 0 heterocycles. The standard InChI is InChI=1S/C25H23F4NO/c1-5-14-9-11-15(12-10-14)18-19(26)21(28)23(22(29)20(18)27)30-13-16-7-6-8-17(24(16)31)25(2,3)4/h6-13,31H,5H2,1-4H3. The minimum absolute atomic E-state index is 0.0241. The van der Waals surface area contributed by atoms with E-state index in [1.807, 2.05) is 27.7 Å². The number of phenols is 1. The summed E-state index contributed by atoms with van der Waals surface area (Å²) in [5, 5.41) is 10.5. The van der Waals surface area contributed by atoms with Gasteiger partial charge in [0.15, 0.2) is 23.3 Å². The number of para-hydroxylation sites is 1. The first-order valence-electron chi connectivity index (χ1n) is 9.88. The summed E-state index contributed by atoms with van der Waals surface area (Å²) in [6.07, 6.45) is 1.70. The van der Waals surface area contributed by atoms with Crippen LogP contribution in [0.5, 0.6) is 5.75 Å². The monoisotopic (exact) mass is 429 g/mol. The fourth-order valence-electron chi connectivity index (χ4n) is 3.30. The van der Waals surface area contributed by atoms with Crippen LogP contribution in [0.1, 0.15) is 44.4 Å². The van der Waals surface area contributed by atoms with Gasteiger partial charge in [-0.3, -0.25) is 0 Å². The molecule has 0 radical (unpaired) electrons. The third-order valence-corrected chi connectivity index (χ3v) is 5.10. The molecule has 0 saturated heterocycles. The first-order chi connectivity index (χ1) is 14.6. The summed E-state index contributed by atoms with van der Waals surface area (Å²) in [6.45, 7) is 7.58. The average molecular weight is 429 g/mol. The molecule has 31 heavy (non-hydrogen) atoms. The third kappa shape index (κ3) is 4.33. The summed E-state index contributed by atoms with van der Waals surface area (Å²) >= 11 is 0. The van der Waals surface area contributed by atoms with E-state index in [-0.39, 0.29) is 16.9 Å². The third-order valence-electron chi connectivity index (χ3n) is 5.10. The zero-order valence-electron chi connectivity index (χ0n) is 17.7. The van der Waals surface area contributed by atoms with Crippen LogP contribution in [-0.4, -0.2) is 11.3 Å². The van der Waals surface area contributed by atoms with Gasteiger partial charge in [0.05, 0.1) is 5.56 Å². The van der Waals surface area contributed by atoms with Gasteiger partial charge in [-0.1, -0.05) is 64.1 Å². The lowest BCUT2D eigenvalue weighted by molar-refractivity contribution is 0.446. The number of phenolic OH excluding ortho intramolecular Hbond substituents is 1. The first kappa shape index (κ1) is 22.5. The largest absolute Gasteiger partial charge is 0.507 e. The molecule has 3 aromatic carbocycles. The second-order valence-electron chi connectivity index (χ2n) is 8.28. The molecule has 0 unspecified atom stereocenters. The number of rotatable bonds is 4. The van der Waals surface area contributed by atoms with Gasteiger partial charge in [0, 0.05) is 11.8 Å². The van der Waals surface area contributed by atoms with Gasteiger partial charge in [-0.25, -0.2) is 22.6 Å². The predicted octanol–water partition coefficient (Wildman–Crippen LogP) is 7.23. The van der Waals surface area contributed by atoms with Crippen molar-refractivity contribution < 1.29 is 22.7 Å². The Morgan fingerprint density at radius 2 is 1.45 bits per heavy atom. The molecule has 0 aliphatic carbocycles. The Kier molecular flexibility index (Phi) is 6.20. The van der Waals surface area contributed by atoms with Crippen molar-refractivity contribution in [3.63, 3.8) is 0 Å². The van der Waals surface area contributed by atoms with E-state index in [1.165, 1.54) is 18.2 Å². The zero-order valence-corrected chi connectivity index (χ0v) is 17.7. The number of hydrogen-bond donors (Lipinski definition) is 1. The van der Waals surface area contributed by atoms with Crippen LogP contribution in [0.25, 0.3) is 11.1 Å². The van der Waals surface area contributed by atoms with E-state index in [2.05, 4.69) is 4.99 Å². The van der Waals surface area contributed by atoms with Gasteiger partial charge in [-0.2, -0.15) is 0 Å². The van der Waals surface area contributed by atoms with Crippen LogP contribution in [-0.2, 0) is 11.8 Å². The molecule has 0 spiro atoms. The Bertz CT molecular complexity index is 1120. The number of halogens is 4. The lowest BCUT2D eigenvalue weighted by Crippen LogP contribution is -2.11. The Labute approximate surface area is 178 Å². The van der Waals surface area contributed by atoms with E-state index < -0.39 is 39.9 Å². The van der Waals surface area contributed by atoms with Crippen molar-refractivity contribution in [2.24, 2.45) is 4.99 Å². The quantitative estimate of drug-likeness (QED) is 0.265. The van der Waals surface area contributed by atoms with E-state index in [0.717, 1.165) is 11.8 Å². The van der Waals surface area contributed by atoms with Crippen molar-refractivity contribution >= 4 is 11.9 Å². The van der Waals surface area contributed by atoms with Crippen molar-refractivity contribution in [1.82, 2.24) is 0 Å². The van der Waals surface area contributed by atoms with Crippen molar-refractivity contribution in [3.05, 3.63) is 82.4 Å². The number of aromatic hydroxyl groups is 1. The minimum atomic E-state index is -1.60. The number of benzene rings is 3. The maximum Gasteiger partial charge on any atom is 0.188 e. The Morgan fingerprint density at radius 1 is 0.871 bits per heavy atom. The Morgan fingerprint density at radius 3 is 1.97 bits per heavy atom. The average Bonchev–Trinajstić information content (AvgIpc) is 2.73. The number of aliphatic imine (C=N–C) groups is 1. The fraction of sp³-hybridized carbons (Fsp3) is 0.240. The first-order valence-corrected chi connectivity index (χ1v) is 9.88. The molecule has 3 aromatic rings. The summed E-state index contributed by atoms with van der Waals surface area (Å²) in [7, 11) is 0. The van der Waals surface area contributed by atoms with E-state index in [4.69, 9.17) is 0 Å². The van der Waals surface area contributed by atoms with Crippen LogP contribution in [0, 0.1) is 23.3 Å². The molecule has 0 aliphatic rings. The maximum absolute atomic E-state index is 14.7. The van der Waals surface area contributed by atoms with Crippen LogP contribution < -0.4 is 0 Å². The Balaban J connectivity index is 2.08. The van der Waals surface area contributed by atoms with Gasteiger partial charge in [0.25, 0.3) is 0 Å². The van der Waals surface area contributed by atoms with E-state index >= 15 is 0 Å². The molecule has 0 amide bonds. The predicted molar refractivity (Wildman–Crippen MR) is 115 cm³/mol. The molecule has 0 fully saturated rings. The van der Waals surface area contributed by atoms with Gasteiger partial charge >= 0.3 is 0 Å². The second-order valence-corrected chi connectivity index (χ2v) is 8.28. The highest BCUT2D eigenvalue weighted by Gasteiger charge is 2.26. The highest BCUT2D eigenvalue weighted by molar-refractivity contribution is 5.86. The maximum atomic E-state index is 14.7. The molecule has 0 aromatic heterocycles. The molecule has 0 bridgehead atoms. The smallest absolute Gasteiger partial charge is 0.188 e. The van der Waals surface area contributed by atoms with Gasteiger partial charge in [-0.05, 0) is 34.6 Å². The molecule has 162 valence electrons. The topological polar surface area (TPSA) is 32.6 Å². The van der Waals surface area contributed by atoms with Crippen LogP contribution in [0.15, 0.2) is 47.5 Å². The molecule has 0 saturated carbocycles. The number of aryl methyl sites for hydroxylation is 1. The van der Waals surface area contributed by atoms with Gasteiger partial charge in [0.2, 0.25) is 0 Å². The van der Waals surface area contributed by atoms with E-state index in [1.54, 1.807) is 24.3 Å². The van der Waals surface area contributed by atoms with Gasteiger partial charge < -0.3 is 5.11 Å². The number of nitrogens with zero attached hydrogens (tertiary/aromatic N) is 1. The second kappa shape index (κ2) is 8.53. The summed E-state index contributed by atoms with van der Waals surface area (Å²) in [6, 6.07) is 11.0.